The first kappa shape index (κ1) is 23.2. The van der Waals surface area contributed by atoms with Crippen molar-refractivity contribution in [2.24, 2.45) is 0 Å². The van der Waals surface area contributed by atoms with Gasteiger partial charge in [-0.05, 0) is 49.6 Å². The molecule has 1 amide bonds. The maximum absolute atomic E-state index is 13.1. The highest BCUT2D eigenvalue weighted by molar-refractivity contribution is 5.79. The van der Waals surface area contributed by atoms with Gasteiger partial charge in [0.25, 0.3) is 5.91 Å². The third-order valence-electron chi connectivity index (χ3n) is 7.09. The molecule has 0 bridgehead atoms. The van der Waals surface area contributed by atoms with Gasteiger partial charge in [0.1, 0.15) is 11.6 Å². The normalized spacial score (nSPS) is 18.3. The highest BCUT2D eigenvalue weighted by Gasteiger charge is 2.30. The van der Waals surface area contributed by atoms with Gasteiger partial charge in [0.05, 0.1) is 17.1 Å². The maximum Gasteiger partial charge on any atom is 0.261 e. The Morgan fingerprint density at radius 1 is 0.892 bits per heavy atom. The Hall–Kier alpha value is -4.21. The minimum absolute atomic E-state index is 0.0679. The van der Waals surface area contributed by atoms with Gasteiger partial charge in [0.2, 0.25) is 5.88 Å². The van der Waals surface area contributed by atoms with Crippen LogP contribution in [0.15, 0.2) is 60.8 Å². The molecule has 37 heavy (non-hydrogen) atoms. The van der Waals surface area contributed by atoms with Crippen molar-refractivity contribution < 1.29 is 9.53 Å². The molecule has 1 unspecified atom stereocenters. The van der Waals surface area contributed by atoms with E-state index in [1.54, 1.807) is 6.07 Å². The fraction of sp³-hybridized carbons (Fsp3) is 0.370. The number of piperidine rings is 1. The summed E-state index contributed by atoms with van der Waals surface area (Å²) in [6.45, 7) is 4.03. The minimum Gasteiger partial charge on any atom is -0.466 e. The Morgan fingerprint density at radius 2 is 1.70 bits per heavy atom. The van der Waals surface area contributed by atoms with E-state index in [9.17, 15) is 4.79 Å². The van der Waals surface area contributed by atoms with Gasteiger partial charge in [-0.3, -0.25) is 4.79 Å². The molecule has 2 fully saturated rings. The number of H-pyrrole nitrogens is 1. The summed E-state index contributed by atoms with van der Waals surface area (Å²) in [7, 11) is 0. The van der Waals surface area contributed by atoms with Crippen LogP contribution < -0.4 is 14.5 Å². The van der Waals surface area contributed by atoms with Crippen LogP contribution in [0.4, 0.5) is 11.6 Å². The number of carbonyl (C=O) groups is 1. The fourth-order valence-corrected chi connectivity index (χ4v) is 5.13. The fourth-order valence-electron chi connectivity index (χ4n) is 5.13. The Kier molecular flexibility index (Phi) is 6.53. The number of amides is 1. The van der Waals surface area contributed by atoms with E-state index in [-0.39, 0.29) is 18.6 Å². The largest absolute Gasteiger partial charge is 0.466 e. The number of piperazine rings is 1. The van der Waals surface area contributed by atoms with Crippen molar-refractivity contribution in [2.45, 2.75) is 25.3 Å². The number of pyridine rings is 1. The molecular weight excluding hydrogens is 468 g/mol. The molecule has 1 atom stereocenters. The summed E-state index contributed by atoms with van der Waals surface area (Å²) in [5.74, 6) is 2.92. The number of para-hydroxylation sites is 2. The smallest absolute Gasteiger partial charge is 0.261 e. The molecule has 190 valence electrons. The van der Waals surface area contributed by atoms with Gasteiger partial charge < -0.3 is 24.4 Å². The van der Waals surface area contributed by atoms with Crippen LogP contribution >= 0.6 is 0 Å². The summed E-state index contributed by atoms with van der Waals surface area (Å²) in [5, 5.41) is 8.58. The third kappa shape index (κ3) is 5.04. The lowest BCUT2D eigenvalue weighted by atomic mass is 10.0. The van der Waals surface area contributed by atoms with Crippen LogP contribution in [0.3, 0.4) is 0 Å². The monoisotopic (exact) mass is 498 g/mol. The van der Waals surface area contributed by atoms with E-state index in [4.69, 9.17) is 9.72 Å². The zero-order valence-corrected chi connectivity index (χ0v) is 20.7. The van der Waals surface area contributed by atoms with Gasteiger partial charge in [-0.1, -0.05) is 18.2 Å². The average Bonchev–Trinajstić information content (AvgIpc) is 3.41. The minimum atomic E-state index is -0.0759. The Balaban J connectivity index is 1.04. The number of hydrogen-bond donors (Lipinski definition) is 1. The summed E-state index contributed by atoms with van der Waals surface area (Å²) < 4.78 is 5.75. The van der Waals surface area contributed by atoms with E-state index >= 15 is 0 Å². The first-order valence-electron chi connectivity index (χ1n) is 12.9. The second-order valence-electron chi connectivity index (χ2n) is 9.42. The molecular formula is C27H30N8O2. The molecule has 4 aromatic rings. The number of rotatable bonds is 6. The van der Waals surface area contributed by atoms with Crippen LogP contribution in [-0.4, -0.2) is 75.3 Å². The van der Waals surface area contributed by atoms with E-state index in [1.807, 2.05) is 59.6 Å². The number of ether oxygens (including phenoxy) is 1. The second kappa shape index (κ2) is 10.4. The van der Waals surface area contributed by atoms with Crippen molar-refractivity contribution in [3.8, 4) is 5.88 Å². The number of aromatic nitrogens is 5. The maximum atomic E-state index is 13.1. The summed E-state index contributed by atoms with van der Waals surface area (Å²) in [4.78, 5) is 32.0. The van der Waals surface area contributed by atoms with Gasteiger partial charge in [0, 0.05) is 45.0 Å². The highest BCUT2D eigenvalue weighted by atomic mass is 16.5. The molecule has 0 radical (unpaired) electrons. The number of anilines is 2. The average molecular weight is 499 g/mol. The highest BCUT2D eigenvalue weighted by Crippen LogP contribution is 2.30. The molecule has 1 N–H and O–H groups in total. The lowest BCUT2D eigenvalue weighted by molar-refractivity contribution is -0.137. The molecule has 2 aliphatic rings. The van der Waals surface area contributed by atoms with Crippen LogP contribution in [0.5, 0.6) is 5.88 Å². The van der Waals surface area contributed by atoms with Crippen LogP contribution in [0.2, 0.25) is 0 Å². The number of fused-ring (bicyclic) bond motifs is 1. The lowest BCUT2D eigenvalue weighted by Crippen LogP contribution is -2.47. The molecule has 1 aromatic carbocycles. The second-order valence-corrected chi connectivity index (χ2v) is 9.42. The van der Waals surface area contributed by atoms with Gasteiger partial charge in [-0.15, -0.1) is 10.2 Å². The Bertz CT molecular complexity index is 1300. The van der Waals surface area contributed by atoms with Crippen molar-refractivity contribution in [1.82, 2.24) is 30.0 Å². The predicted octanol–water partition coefficient (Wildman–Crippen LogP) is 3.21. The van der Waals surface area contributed by atoms with Crippen LogP contribution in [0.1, 0.15) is 31.1 Å². The van der Waals surface area contributed by atoms with Crippen molar-refractivity contribution >= 4 is 28.6 Å². The molecule has 5 heterocycles. The summed E-state index contributed by atoms with van der Waals surface area (Å²) in [5.41, 5.74) is 1.90. The quantitative estimate of drug-likeness (QED) is 0.432. The SMILES string of the molecule is O=C(COc1ccc(N2CCN(c3ccccn3)CC2)nn1)N1CCCCC1c1nc2ccccc2[nH]1. The molecule has 10 nitrogen and oxygen atoms in total. The van der Waals surface area contributed by atoms with Gasteiger partial charge in [0.15, 0.2) is 12.4 Å². The van der Waals surface area contributed by atoms with Crippen molar-refractivity contribution in [3.63, 3.8) is 0 Å². The number of imidazole rings is 1. The summed E-state index contributed by atoms with van der Waals surface area (Å²) in [6.07, 6.45) is 4.74. The Morgan fingerprint density at radius 3 is 2.46 bits per heavy atom. The number of benzene rings is 1. The van der Waals surface area contributed by atoms with Crippen molar-refractivity contribution in [2.75, 3.05) is 49.1 Å². The lowest BCUT2D eigenvalue weighted by Gasteiger charge is -2.35. The standard InChI is InChI=1S/C27H30N8O2/c36-26(35-14-6-4-9-22(35)27-29-20-7-1-2-8-21(20)30-27)19-37-25-12-11-24(31-32-25)34-17-15-33(16-18-34)23-10-3-5-13-28-23/h1-3,5,7-8,10-13,22H,4,6,9,14-19H2,(H,29,30). The third-order valence-corrected chi connectivity index (χ3v) is 7.09. The van der Waals surface area contributed by atoms with E-state index in [0.717, 1.165) is 73.9 Å². The first-order valence-corrected chi connectivity index (χ1v) is 12.9. The molecule has 6 rings (SSSR count). The van der Waals surface area contributed by atoms with Gasteiger partial charge in [-0.25, -0.2) is 9.97 Å². The van der Waals surface area contributed by atoms with Crippen LogP contribution in [-0.2, 0) is 4.79 Å². The van der Waals surface area contributed by atoms with Gasteiger partial charge >= 0.3 is 0 Å². The van der Waals surface area contributed by atoms with E-state index in [1.165, 1.54) is 0 Å². The molecule has 0 saturated carbocycles. The number of nitrogens with zero attached hydrogens (tertiary/aromatic N) is 7. The van der Waals surface area contributed by atoms with E-state index in [0.29, 0.717) is 12.4 Å². The zero-order chi connectivity index (χ0) is 25.0. The number of nitrogens with one attached hydrogen (secondary N) is 1. The number of hydrogen-bond acceptors (Lipinski definition) is 8. The van der Waals surface area contributed by atoms with E-state index in [2.05, 4.69) is 30.0 Å². The van der Waals surface area contributed by atoms with E-state index < -0.39 is 0 Å². The molecule has 2 saturated heterocycles. The Labute approximate surface area is 215 Å². The summed E-state index contributed by atoms with van der Waals surface area (Å²) in [6, 6.07) is 17.5. The van der Waals surface area contributed by atoms with Gasteiger partial charge in [-0.2, -0.15) is 0 Å². The number of likely N-dealkylation sites (tertiary alicyclic amines) is 1. The topological polar surface area (TPSA) is 103 Å². The van der Waals surface area contributed by atoms with Crippen molar-refractivity contribution in [3.05, 3.63) is 66.6 Å². The molecule has 10 heteroatoms. The van der Waals surface area contributed by atoms with Crippen LogP contribution in [0, 0.1) is 0 Å². The molecule has 2 aliphatic heterocycles. The molecule has 3 aromatic heterocycles. The van der Waals surface area contributed by atoms with Crippen molar-refractivity contribution in [1.29, 1.82) is 0 Å². The number of aromatic amines is 1. The molecule has 0 spiro atoms. The molecule has 0 aliphatic carbocycles. The number of carbonyl (C=O) groups excluding carboxylic acids is 1. The zero-order valence-electron chi connectivity index (χ0n) is 20.7. The predicted molar refractivity (Wildman–Crippen MR) is 141 cm³/mol. The van der Waals surface area contributed by atoms with Crippen LogP contribution in [0.25, 0.3) is 11.0 Å². The summed E-state index contributed by atoms with van der Waals surface area (Å²) >= 11 is 0. The first-order chi connectivity index (χ1) is 18.2.